The minimum absolute atomic E-state index is 0.588. The van der Waals surface area contributed by atoms with Crippen molar-refractivity contribution in [3.8, 4) is 11.8 Å². The molecule has 1 heterocycles. The lowest BCUT2D eigenvalue weighted by Crippen LogP contribution is -2.00. The molecule has 0 aliphatic carbocycles. The zero-order valence-electron chi connectivity index (χ0n) is 16.1. The molecule has 0 unspecified atom stereocenters. The number of benzene rings is 3. The number of aromatic nitrogens is 1. The summed E-state index contributed by atoms with van der Waals surface area (Å²) in [6, 6.07) is 24.1. The molecule has 4 rings (SSSR count). The lowest BCUT2D eigenvalue weighted by Gasteiger charge is -2.12. The summed E-state index contributed by atoms with van der Waals surface area (Å²) in [5.74, 6) is 0. The van der Waals surface area contributed by atoms with Gasteiger partial charge in [0, 0.05) is 16.4 Å². The Balaban J connectivity index is 1.81. The molecule has 4 aromatic rings. The zero-order valence-corrected chi connectivity index (χ0v) is 17.6. The van der Waals surface area contributed by atoms with Gasteiger partial charge in [0.15, 0.2) is 0 Å². The van der Waals surface area contributed by atoms with Crippen molar-refractivity contribution < 1.29 is 0 Å². The molecule has 3 aromatic carbocycles. The third-order valence-electron chi connectivity index (χ3n) is 5.10. The first kappa shape index (κ1) is 19.3. The number of nitriles is 1. The van der Waals surface area contributed by atoms with Crippen LogP contribution >= 0.6 is 23.2 Å². The van der Waals surface area contributed by atoms with Crippen molar-refractivity contribution in [2.45, 2.75) is 13.8 Å². The molecular weight excluding hydrogens is 399 g/mol. The van der Waals surface area contributed by atoms with E-state index in [4.69, 9.17) is 23.2 Å². The Morgan fingerprint density at radius 1 is 0.931 bits per heavy atom. The van der Waals surface area contributed by atoms with Crippen LogP contribution in [0.2, 0.25) is 10.0 Å². The first-order valence-electron chi connectivity index (χ1n) is 9.23. The molecule has 0 aliphatic rings. The number of hydrogen-bond acceptors (Lipinski definition) is 1. The van der Waals surface area contributed by atoms with Crippen LogP contribution in [0, 0.1) is 25.2 Å². The van der Waals surface area contributed by atoms with Crippen LogP contribution < -0.4 is 0 Å². The van der Waals surface area contributed by atoms with E-state index in [0.29, 0.717) is 15.6 Å². The highest BCUT2D eigenvalue weighted by molar-refractivity contribution is 6.35. The standard InChI is InChI=1S/C25H18Cl2N2/c1-16-11-21(17(2)29(16)25-10-9-23(26)14-24(25)27)13-22(15-28)20-8-7-18-5-3-4-6-19(18)12-20/h3-14H,1-2H3/b22-13-. The highest BCUT2D eigenvalue weighted by Crippen LogP contribution is 2.31. The van der Waals surface area contributed by atoms with Crippen LogP contribution in [0.15, 0.2) is 66.7 Å². The Morgan fingerprint density at radius 3 is 2.41 bits per heavy atom. The van der Waals surface area contributed by atoms with Gasteiger partial charge < -0.3 is 4.57 Å². The van der Waals surface area contributed by atoms with Crippen LogP contribution in [0.3, 0.4) is 0 Å². The Bertz CT molecular complexity index is 1310. The van der Waals surface area contributed by atoms with E-state index in [1.54, 1.807) is 6.07 Å². The minimum Gasteiger partial charge on any atom is -0.316 e. The Hall–Kier alpha value is -2.99. The van der Waals surface area contributed by atoms with Gasteiger partial charge in [-0.3, -0.25) is 0 Å². The molecule has 2 nitrogen and oxygen atoms in total. The van der Waals surface area contributed by atoms with Gasteiger partial charge in [-0.15, -0.1) is 0 Å². The van der Waals surface area contributed by atoms with Crippen LogP contribution in [0.5, 0.6) is 0 Å². The van der Waals surface area contributed by atoms with Crippen molar-refractivity contribution in [2.75, 3.05) is 0 Å². The lowest BCUT2D eigenvalue weighted by atomic mass is 10.0. The molecule has 0 aliphatic heterocycles. The van der Waals surface area contributed by atoms with E-state index in [0.717, 1.165) is 39.0 Å². The maximum atomic E-state index is 9.81. The molecule has 0 radical (unpaired) electrons. The molecule has 142 valence electrons. The van der Waals surface area contributed by atoms with Crippen molar-refractivity contribution in [3.05, 3.63) is 99.3 Å². The molecule has 0 amide bonds. The van der Waals surface area contributed by atoms with Crippen molar-refractivity contribution in [3.63, 3.8) is 0 Å². The number of aryl methyl sites for hydroxylation is 1. The Kier molecular flexibility index (Phi) is 5.20. The minimum atomic E-state index is 0.588. The van der Waals surface area contributed by atoms with Crippen molar-refractivity contribution in [2.24, 2.45) is 0 Å². The van der Waals surface area contributed by atoms with Gasteiger partial charge in [-0.25, -0.2) is 0 Å². The number of rotatable bonds is 3. The van der Waals surface area contributed by atoms with Crippen molar-refractivity contribution in [1.29, 1.82) is 5.26 Å². The fourth-order valence-corrected chi connectivity index (χ4v) is 4.15. The van der Waals surface area contributed by atoms with E-state index < -0.39 is 0 Å². The summed E-state index contributed by atoms with van der Waals surface area (Å²) >= 11 is 12.5. The molecule has 0 N–H and O–H groups in total. The number of hydrogen-bond donors (Lipinski definition) is 0. The number of fused-ring (bicyclic) bond motifs is 1. The topological polar surface area (TPSA) is 28.7 Å². The summed E-state index contributed by atoms with van der Waals surface area (Å²) in [6.07, 6.45) is 1.94. The van der Waals surface area contributed by atoms with E-state index in [2.05, 4.69) is 34.9 Å². The van der Waals surface area contributed by atoms with E-state index in [9.17, 15) is 5.26 Å². The summed E-state index contributed by atoms with van der Waals surface area (Å²) in [7, 11) is 0. The highest BCUT2D eigenvalue weighted by Gasteiger charge is 2.13. The molecule has 1 aromatic heterocycles. The molecule has 0 saturated heterocycles. The largest absolute Gasteiger partial charge is 0.316 e. The molecule has 0 fully saturated rings. The van der Waals surface area contributed by atoms with Gasteiger partial charge in [-0.2, -0.15) is 5.26 Å². The normalized spacial score (nSPS) is 11.6. The summed E-state index contributed by atoms with van der Waals surface area (Å²) in [4.78, 5) is 0. The summed E-state index contributed by atoms with van der Waals surface area (Å²) < 4.78 is 2.08. The van der Waals surface area contributed by atoms with Gasteiger partial charge in [-0.1, -0.05) is 59.6 Å². The van der Waals surface area contributed by atoms with Crippen LogP contribution in [0.4, 0.5) is 0 Å². The third-order valence-corrected chi connectivity index (χ3v) is 5.64. The number of allylic oxidation sites excluding steroid dienone is 1. The molecule has 0 spiro atoms. The SMILES string of the molecule is Cc1cc(/C=C(/C#N)c2ccc3ccccc3c2)c(C)n1-c1ccc(Cl)cc1Cl. The van der Waals surface area contributed by atoms with E-state index in [1.165, 1.54) is 0 Å². The van der Waals surface area contributed by atoms with Crippen LogP contribution in [0.25, 0.3) is 28.1 Å². The maximum absolute atomic E-state index is 9.81. The summed E-state index contributed by atoms with van der Waals surface area (Å²) in [6.45, 7) is 4.05. The van der Waals surface area contributed by atoms with E-state index >= 15 is 0 Å². The van der Waals surface area contributed by atoms with Gasteiger partial charge in [0.05, 0.1) is 22.4 Å². The second-order valence-corrected chi connectivity index (χ2v) is 7.83. The number of halogens is 2. The second kappa shape index (κ2) is 7.79. The highest BCUT2D eigenvalue weighted by atomic mass is 35.5. The molecule has 29 heavy (non-hydrogen) atoms. The second-order valence-electron chi connectivity index (χ2n) is 6.99. The fourth-order valence-electron chi connectivity index (χ4n) is 3.66. The van der Waals surface area contributed by atoms with Gasteiger partial charge in [0.25, 0.3) is 0 Å². The van der Waals surface area contributed by atoms with Gasteiger partial charge in [0.1, 0.15) is 0 Å². The van der Waals surface area contributed by atoms with Crippen LogP contribution in [-0.4, -0.2) is 4.57 Å². The monoisotopic (exact) mass is 416 g/mol. The van der Waals surface area contributed by atoms with Gasteiger partial charge >= 0.3 is 0 Å². The molecule has 0 saturated carbocycles. The predicted octanol–water partition coefficient (Wildman–Crippen LogP) is 7.62. The molecule has 4 heteroatoms. The smallest absolute Gasteiger partial charge is 0.0998 e. The van der Waals surface area contributed by atoms with Crippen LogP contribution in [-0.2, 0) is 0 Å². The quantitative estimate of drug-likeness (QED) is 0.315. The Morgan fingerprint density at radius 2 is 1.69 bits per heavy atom. The first-order chi connectivity index (χ1) is 14.0. The Labute approximate surface area is 180 Å². The van der Waals surface area contributed by atoms with Crippen molar-refractivity contribution >= 4 is 45.6 Å². The fraction of sp³-hybridized carbons (Fsp3) is 0.0800. The molecule has 0 bridgehead atoms. The average Bonchev–Trinajstić information content (AvgIpc) is 2.99. The van der Waals surface area contributed by atoms with E-state index in [-0.39, 0.29) is 0 Å². The van der Waals surface area contributed by atoms with Gasteiger partial charge in [-0.05, 0) is 72.2 Å². The predicted molar refractivity (Wildman–Crippen MR) is 123 cm³/mol. The summed E-state index contributed by atoms with van der Waals surface area (Å²) in [5.41, 5.74) is 5.43. The lowest BCUT2D eigenvalue weighted by molar-refractivity contribution is 0.965. The first-order valence-corrected chi connectivity index (χ1v) is 9.99. The van der Waals surface area contributed by atoms with E-state index in [1.807, 2.05) is 56.3 Å². The number of nitrogens with zero attached hydrogens (tertiary/aromatic N) is 2. The van der Waals surface area contributed by atoms with Gasteiger partial charge in [0.2, 0.25) is 0 Å². The maximum Gasteiger partial charge on any atom is 0.0998 e. The average molecular weight is 417 g/mol. The molecular formula is C25H18Cl2N2. The third kappa shape index (κ3) is 3.68. The van der Waals surface area contributed by atoms with Crippen LogP contribution in [0.1, 0.15) is 22.5 Å². The summed E-state index contributed by atoms with van der Waals surface area (Å²) in [5, 5.41) is 13.3. The van der Waals surface area contributed by atoms with Crippen molar-refractivity contribution in [1.82, 2.24) is 4.57 Å². The molecule has 0 atom stereocenters. The zero-order chi connectivity index (χ0) is 20.5.